The maximum Gasteiger partial charge on any atom is 0.379 e. The zero-order valence-electron chi connectivity index (χ0n) is 8.52. The minimum atomic E-state index is -1.34. The van der Waals surface area contributed by atoms with Crippen LogP contribution in [0.2, 0.25) is 10.0 Å². The first-order valence-electron chi connectivity index (χ1n) is 4.44. The highest BCUT2D eigenvalue weighted by molar-refractivity contribution is 6.42. The molecule has 0 bridgehead atoms. The summed E-state index contributed by atoms with van der Waals surface area (Å²) in [5.74, 6) is -5.06. The summed E-state index contributed by atoms with van der Waals surface area (Å²) in [6, 6.07) is 0.692. The molecule has 0 N–H and O–H groups in total. The molecule has 0 heterocycles. The van der Waals surface area contributed by atoms with Crippen molar-refractivity contribution in [2.24, 2.45) is 0 Å². The fourth-order valence-electron chi connectivity index (χ4n) is 1.04. The zero-order chi connectivity index (χ0) is 13.2. The van der Waals surface area contributed by atoms with E-state index in [1.807, 2.05) is 0 Å². The van der Waals surface area contributed by atoms with Crippen LogP contribution in [-0.4, -0.2) is 18.4 Å². The molecule has 0 atom stereocenters. The fraction of sp³-hybridized carbons (Fsp3) is 0.200. The van der Waals surface area contributed by atoms with Crippen LogP contribution in [0.3, 0.4) is 0 Å². The van der Waals surface area contributed by atoms with Gasteiger partial charge in [-0.3, -0.25) is 4.79 Å². The van der Waals surface area contributed by atoms with Crippen LogP contribution in [0.4, 0.5) is 8.78 Å². The van der Waals surface area contributed by atoms with Gasteiger partial charge in [0, 0.05) is 0 Å². The molecule has 0 saturated heterocycles. The molecule has 0 aromatic heterocycles. The van der Waals surface area contributed by atoms with Gasteiger partial charge in [-0.1, -0.05) is 23.2 Å². The topological polar surface area (TPSA) is 43.4 Å². The molecule has 1 aromatic carbocycles. The predicted octanol–water partition coefficient (Wildman–Crippen LogP) is 3.02. The van der Waals surface area contributed by atoms with E-state index in [1.165, 1.54) is 6.92 Å². The molecule has 0 aliphatic carbocycles. The predicted molar refractivity (Wildman–Crippen MR) is 57.3 cm³/mol. The van der Waals surface area contributed by atoms with E-state index in [4.69, 9.17) is 23.2 Å². The van der Waals surface area contributed by atoms with Crippen LogP contribution in [0.1, 0.15) is 17.3 Å². The molecule has 0 spiro atoms. The minimum absolute atomic E-state index is 0.0468. The molecule has 0 unspecified atom stereocenters. The number of rotatable bonds is 3. The van der Waals surface area contributed by atoms with E-state index >= 15 is 0 Å². The van der Waals surface area contributed by atoms with E-state index in [-0.39, 0.29) is 6.61 Å². The van der Waals surface area contributed by atoms with E-state index in [0.29, 0.717) is 6.07 Å². The molecule has 7 heteroatoms. The van der Waals surface area contributed by atoms with E-state index < -0.39 is 39.0 Å². The Balaban J connectivity index is 3.24. The van der Waals surface area contributed by atoms with Crippen LogP contribution in [0.25, 0.3) is 0 Å². The first kappa shape index (κ1) is 13.9. The number of carbonyl (C=O) groups is 2. The highest BCUT2D eigenvalue weighted by Gasteiger charge is 2.26. The number of ether oxygens (including phenoxy) is 1. The molecule has 3 nitrogen and oxygen atoms in total. The lowest BCUT2D eigenvalue weighted by Gasteiger charge is -2.05. The van der Waals surface area contributed by atoms with Gasteiger partial charge < -0.3 is 4.74 Å². The third-order valence-electron chi connectivity index (χ3n) is 1.81. The molecule has 0 aliphatic heterocycles. The van der Waals surface area contributed by atoms with Gasteiger partial charge in [0.25, 0.3) is 5.78 Å². The summed E-state index contributed by atoms with van der Waals surface area (Å²) in [5, 5.41) is -1.49. The second kappa shape index (κ2) is 5.42. The molecule has 0 saturated carbocycles. The van der Waals surface area contributed by atoms with Crippen LogP contribution in [-0.2, 0) is 9.53 Å². The highest BCUT2D eigenvalue weighted by atomic mass is 35.5. The van der Waals surface area contributed by atoms with Gasteiger partial charge in [-0.05, 0) is 13.0 Å². The van der Waals surface area contributed by atoms with Crippen molar-refractivity contribution < 1.29 is 23.1 Å². The lowest BCUT2D eigenvalue weighted by molar-refractivity contribution is -0.137. The number of esters is 1. The highest BCUT2D eigenvalue weighted by Crippen LogP contribution is 2.28. The summed E-state index contributed by atoms with van der Waals surface area (Å²) in [7, 11) is 0. The molecule has 1 rings (SSSR count). The summed E-state index contributed by atoms with van der Waals surface area (Å²) < 4.78 is 30.9. The Kier molecular flexibility index (Phi) is 4.42. The van der Waals surface area contributed by atoms with E-state index in [0.717, 1.165) is 0 Å². The van der Waals surface area contributed by atoms with Crippen molar-refractivity contribution in [2.75, 3.05) is 6.61 Å². The SMILES string of the molecule is CCOC(=O)C(=O)c1cc(Cl)c(F)c(Cl)c1F. The molecule has 1 aromatic rings. The van der Waals surface area contributed by atoms with Gasteiger partial charge in [-0.25, -0.2) is 13.6 Å². The number of benzene rings is 1. The number of halogens is 4. The third-order valence-corrected chi connectivity index (χ3v) is 2.41. The normalized spacial score (nSPS) is 10.2. The molecule has 0 aliphatic rings. The second-order valence-corrected chi connectivity index (χ2v) is 3.68. The second-order valence-electron chi connectivity index (χ2n) is 2.90. The maximum atomic E-state index is 13.4. The van der Waals surface area contributed by atoms with E-state index in [9.17, 15) is 18.4 Å². The third kappa shape index (κ3) is 2.73. The molecule has 0 radical (unpaired) electrons. The molecule has 17 heavy (non-hydrogen) atoms. The molecule has 0 fully saturated rings. The number of ketones is 1. The Morgan fingerprint density at radius 1 is 1.29 bits per heavy atom. The quantitative estimate of drug-likeness (QED) is 0.281. The van der Waals surface area contributed by atoms with Crippen molar-refractivity contribution >= 4 is 35.0 Å². The largest absolute Gasteiger partial charge is 0.460 e. The van der Waals surface area contributed by atoms with Gasteiger partial charge in [0.05, 0.1) is 17.2 Å². The maximum absolute atomic E-state index is 13.4. The van der Waals surface area contributed by atoms with Gasteiger partial charge in [-0.15, -0.1) is 0 Å². The molecular formula is C10H6Cl2F2O3. The average Bonchev–Trinajstić information content (AvgIpc) is 2.30. The van der Waals surface area contributed by atoms with Crippen molar-refractivity contribution in [3.05, 3.63) is 33.3 Å². The Morgan fingerprint density at radius 3 is 2.41 bits per heavy atom. The van der Waals surface area contributed by atoms with Gasteiger partial charge >= 0.3 is 5.97 Å². The smallest absolute Gasteiger partial charge is 0.379 e. The van der Waals surface area contributed by atoms with E-state index in [1.54, 1.807) is 0 Å². The Morgan fingerprint density at radius 2 is 1.88 bits per heavy atom. The van der Waals surface area contributed by atoms with Crippen molar-refractivity contribution in [1.82, 2.24) is 0 Å². The van der Waals surface area contributed by atoms with Gasteiger partial charge in [-0.2, -0.15) is 0 Å². The molecular weight excluding hydrogens is 277 g/mol. The van der Waals surface area contributed by atoms with Crippen LogP contribution in [0.15, 0.2) is 6.07 Å². The summed E-state index contributed by atoms with van der Waals surface area (Å²) in [6.07, 6.45) is 0. The lowest BCUT2D eigenvalue weighted by Crippen LogP contribution is -2.19. The fourth-order valence-corrected chi connectivity index (χ4v) is 1.50. The number of hydrogen-bond acceptors (Lipinski definition) is 3. The summed E-state index contributed by atoms with van der Waals surface area (Å²) in [4.78, 5) is 22.5. The number of carbonyl (C=O) groups excluding carboxylic acids is 2. The van der Waals surface area contributed by atoms with Crippen LogP contribution in [0, 0.1) is 11.6 Å². The van der Waals surface area contributed by atoms with Crippen molar-refractivity contribution in [3.8, 4) is 0 Å². The van der Waals surface area contributed by atoms with Crippen LogP contribution in [0.5, 0.6) is 0 Å². The lowest BCUT2D eigenvalue weighted by atomic mass is 10.1. The first-order valence-corrected chi connectivity index (χ1v) is 5.20. The standard InChI is InChI=1S/C10H6Cl2F2O3/c1-2-17-10(16)9(15)4-3-5(11)8(14)6(12)7(4)13/h3H,2H2,1H3. The molecule has 0 amide bonds. The van der Waals surface area contributed by atoms with Crippen molar-refractivity contribution in [3.63, 3.8) is 0 Å². The van der Waals surface area contributed by atoms with Crippen LogP contribution >= 0.6 is 23.2 Å². The summed E-state index contributed by atoms with van der Waals surface area (Å²) >= 11 is 10.7. The van der Waals surface area contributed by atoms with Gasteiger partial charge in [0.2, 0.25) is 0 Å². The van der Waals surface area contributed by atoms with Crippen molar-refractivity contribution in [1.29, 1.82) is 0 Å². The molecule has 92 valence electrons. The van der Waals surface area contributed by atoms with Gasteiger partial charge in [0.15, 0.2) is 11.6 Å². The minimum Gasteiger partial charge on any atom is -0.460 e. The Bertz CT molecular complexity index is 489. The van der Waals surface area contributed by atoms with Crippen LogP contribution < -0.4 is 0 Å². The summed E-state index contributed by atoms with van der Waals surface area (Å²) in [6.45, 7) is 1.43. The van der Waals surface area contributed by atoms with Gasteiger partial charge in [0.1, 0.15) is 5.02 Å². The first-order chi connectivity index (χ1) is 7.90. The zero-order valence-corrected chi connectivity index (χ0v) is 10.0. The number of hydrogen-bond donors (Lipinski definition) is 0. The average molecular weight is 283 g/mol. The van der Waals surface area contributed by atoms with Crippen molar-refractivity contribution in [2.45, 2.75) is 6.92 Å². The summed E-state index contributed by atoms with van der Waals surface area (Å²) in [5.41, 5.74) is -0.722. The Labute approximate surface area is 105 Å². The number of Topliss-reactive ketones (excluding diaryl/α,β-unsaturated/α-hetero) is 1. The van der Waals surface area contributed by atoms with E-state index in [2.05, 4.69) is 4.74 Å². The monoisotopic (exact) mass is 282 g/mol. The Hall–Kier alpha value is -1.20.